The van der Waals surface area contributed by atoms with Crippen molar-refractivity contribution in [2.24, 2.45) is 0 Å². The smallest absolute Gasteiger partial charge is 0.0465 e. The number of fused-ring (bicyclic) bond motifs is 12. The van der Waals surface area contributed by atoms with Gasteiger partial charge in [-0.15, -0.1) is 0 Å². The quantitative estimate of drug-likeness (QED) is 0.161. The van der Waals surface area contributed by atoms with E-state index in [4.69, 9.17) is 0 Å². The summed E-state index contributed by atoms with van der Waals surface area (Å²) in [6.07, 6.45) is 1.96. The van der Waals surface area contributed by atoms with E-state index in [1.165, 1.54) is 122 Å². The van der Waals surface area contributed by atoms with Crippen molar-refractivity contribution in [2.45, 2.75) is 51.4 Å². The van der Waals surface area contributed by atoms with Crippen molar-refractivity contribution in [3.8, 4) is 77.9 Å². The Bertz CT molecular complexity index is 3560. The van der Waals surface area contributed by atoms with Gasteiger partial charge in [-0.1, -0.05) is 191 Å². The van der Waals surface area contributed by atoms with Crippen molar-refractivity contribution >= 4 is 17.1 Å². The summed E-state index contributed by atoms with van der Waals surface area (Å²) in [4.78, 5) is 2.49. The molecule has 0 amide bonds. The Morgan fingerprint density at radius 1 is 0.275 bits per heavy atom. The number of nitrogens with zero attached hydrogens (tertiary/aromatic N) is 1. The fraction of sp³-hybridized carbons (Fsp3) is 0.118. The number of hydrogen-bond acceptors (Lipinski definition) is 1. The van der Waals surface area contributed by atoms with Crippen LogP contribution in [-0.2, 0) is 23.7 Å². The zero-order valence-electron chi connectivity index (χ0n) is 39.6. The fourth-order valence-corrected chi connectivity index (χ4v) is 12.8. The molecule has 0 aliphatic heterocycles. The first-order valence-corrected chi connectivity index (χ1v) is 24.7. The van der Waals surface area contributed by atoms with Crippen molar-refractivity contribution in [1.29, 1.82) is 0 Å². The molecular formula is C68H51N. The molecule has 69 heavy (non-hydrogen) atoms. The van der Waals surface area contributed by atoms with E-state index in [1.54, 1.807) is 0 Å². The van der Waals surface area contributed by atoms with Gasteiger partial charge in [0.1, 0.15) is 0 Å². The van der Waals surface area contributed by atoms with Crippen molar-refractivity contribution in [3.05, 3.63) is 257 Å². The van der Waals surface area contributed by atoms with Crippen molar-refractivity contribution in [1.82, 2.24) is 0 Å². The maximum atomic E-state index is 2.49. The predicted molar refractivity (Wildman–Crippen MR) is 289 cm³/mol. The average molecular weight is 882 g/mol. The van der Waals surface area contributed by atoms with Gasteiger partial charge in [-0.2, -0.15) is 0 Å². The van der Waals surface area contributed by atoms with E-state index in [9.17, 15) is 0 Å². The largest absolute Gasteiger partial charge is 0.310 e. The number of hydrogen-bond donors (Lipinski definition) is 0. The molecule has 4 aliphatic rings. The maximum absolute atomic E-state index is 2.49. The predicted octanol–water partition coefficient (Wildman–Crippen LogP) is 17.9. The molecule has 0 unspecified atom stereocenters. The van der Waals surface area contributed by atoms with Gasteiger partial charge in [0.15, 0.2) is 0 Å². The van der Waals surface area contributed by atoms with Crippen molar-refractivity contribution in [2.75, 3.05) is 4.90 Å². The standard InChI is InChI=1S/C68H51N/c1-67(2)63-38-46(53-20-12-22-55-51-18-10-8-16-44(51)36-61(53)55)26-32-57(63)59-34-30-49(40-65(59)67)69(48-28-24-43(25-29-48)42-14-6-5-7-15-42)50-31-35-60-58-33-27-47(39-64(58)68(3,4)66(60)41-50)54-21-13-23-56-52-19-11-9-17-45(52)37-62(54)56/h5-35,38-41H,36-37H2,1-4H3. The molecule has 0 N–H and O–H groups in total. The Morgan fingerprint density at radius 2 is 0.638 bits per heavy atom. The van der Waals surface area contributed by atoms with Crippen LogP contribution in [0.4, 0.5) is 17.1 Å². The monoisotopic (exact) mass is 881 g/mol. The van der Waals surface area contributed by atoms with E-state index in [1.807, 2.05) is 0 Å². The van der Waals surface area contributed by atoms with Crippen LogP contribution in [0.15, 0.2) is 212 Å². The summed E-state index contributed by atoms with van der Waals surface area (Å²) in [5.41, 5.74) is 32.8. The van der Waals surface area contributed by atoms with Crippen LogP contribution < -0.4 is 4.90 Å². The molecule has 328 valence electrons. The highest BCUT2D eigenvalue weighted by atomic mass is 15.1. The van der Waals surface area contributed by atoms with Gasteiger partial charge in [0, 0.05) is 27.9 Å². The number of rotatable bonds is 6. The lowest BCUT2D eigenvalue weighted by Gasteiger charge is -2.30. The van der Waals surface area contributed by atoms with Gasteiger partial charge < -0.3 is 4.90 Å². The molecule has 10 aromatic rings. The van der Waals surface area contributed by atoms with E-state index >= 15 is 0 Å². The first kappa shape index (κ1) is 40.1. The molecule has 4 aliphatic carbocycles. The Kier molecular flexibility index (Phi) is 8.57. The summed E-state index contributed by atoms with van der Waals surface area (Å²) in [6, 6.07) is 80.3. The highest BCUT2D eigenvalue weighted by Gasteiger charge is 2.39. The molecule has 0 aromatic heterocycles. The van der Waals surface area contributed by atoms with E-state index in [0.717, 1.165) is 29.9 Å². The van der Waals surface area contributed by atoms with Gasteiger partial charge in [0.05, 0.1) is 0 Å². The van der Waals surface area contributed by atoms with Crippen LogP contribution in [0.1, 0.15) is 72.2 Å². The molecule has 0 radical (unpaired) electrons. The minimum absolute atomic E-state index is 0.207. The molecule has 14 rings (SSSR count). The van der Waals surface area contributed by atoms with Crippen LogP contribution in [-0.4, -0.2) is 0 Å². The minimum atomic E-state index is -0.207. The highest BCUT2D eigenvalue weighted by molar-refractivity contribution is 5.93. The van der Waals surface area contributed by atoms with Gasteiger partial charge in [0.25, 0.3) is 0 Å². The van der Waals surface area contributed by atoms with Gasteiger partial charge in [0.2, 0.25) is 0 Å². The summed E-state index contributed by atoms with van der Waals surface area (Å²) in [6.45, 7) is 9.67. The van der Waals surface area contributed by atoms with Crippen LogP contribution in [0.25, 0.3) is 77.9 Å². The summed E-state index contributed by atoms with van der Waals surface area (Å²) >= 11 is 0. The summed E-state index contributed by atoms with van der Waals surface area (Å²) in [5, 5.41) is 0. The summed E-state index contributed by atoms with van der Waals surface area (Å²) in [7, 11) is 0. The molecule has 0 saturated carbocycles. The third-order valence-corrected chi connectivity index (χ3v) is 16.4. The van der Waals surface area contributed by atoms with Crippen LogP contribution >= 0.6 is 0 Å². The molecule has 0 spiro atoms. The van der Waals surface area contributed by atoms with Crippen LogP contribution in [0, 0.1) is 0 Å². The average Bonchev–Trinajstić information content (AvgIpc) is 4.09. The lowest BCUT2D eigenvalue weighted by atomic mass is 9.80. The Labute approximate surface area is 406 Å². The lowest BCUT2D eigenvalue weighted by molar-refractivity contribution is 0.660. The van der Waals surface area contributed by atoms with E-state index in [-0.39, 0.29) is 10.8 Å². The SMILES string of the molecule is CC1(C)c2cc(-c3cccc4c3Cc3ccccc3-4)ccc2-c2ccc(N(c3ccc(-c4ccccc4)cc3)c3ccc4c(c3)C(C)(C)c3cc(-c5cccc6c5Cc5ccccc5-6)ccc3-4)cc21. The maximum Gasteiger partial charge on any atom is 0.0465 e. The Morgan fingerprint density at radius 3 is 1.13 bits per heavy atom. The van der Waals surface area contributed by atoms with E-state index in [2.05, 4.69) is 245 Å². The summed E-state index contributed by atoms with van der Waals surface area (Å²) in [5.74, 6) is 0. The molecule has 0 fully saturated rings. The molecule has 10 aromatic carbocycles. The van der Waals surface area contributed by atoms with Crippen LogP contribution in [0.2, 0.25) is 0 Å². The second-order valence-corrected chi connectivity index (χ2v) is 20.8. The molecule has 1 nitrogen and oxygen atoms in total. The third-order valence-electron chi connectivity index (χ3n) is 16.4. The van der Waals surface area contributed by atoms with Gasteiger partial charge in [-0.25, -0.2) is 0 Å². The van der Waals surface area contributed by atoms with Crippen molar-refractivity contribution < 1.29 is 0 Å². The summed E-state index contributed by atoms with van der Waals surface area (Å²) < 4.78 is 0. The first-order chi connectivity index (χ1) is 33.7. The Balaban J connectivity index is 0.854. The van der Waals surface area contributed by atoms with Crippen LogP contribution in [0.3, 0.4) is 0 Å². The topological polar surface area (TPSA) is 3.24 Å². The Hall–Kier alpha value is -8.00. The first-order valence-electron chi connectivity index (χ1n) is 24.7. The molecule has 1 heteroatoms. The second-order valence-electron chi connectivity index (χ2n) is 20.8. The highest BCUT2D eigenvalue weighted by Crippen LogP contribution is 2.55. The zero-order chi connectivity index (χ0) is 46.2. The van der Waals surface area contributed by atoms with Gasteiger partial charge >= 0.3 is 0 Å². The second kappa shape index (κ2) is 14.7. The van der Waals surface area contributed by atoms with Crippen molar-refractivity contribution in [3.63, 3.8) is 0 Å². The number of anilines is 3. The molecule has 0 atom stereocenters. The van der Waals surface area contributed by atoms with Gasteiger partial charge in [-0.3, -0.25) is 0 Å². The normalized spacial score (nSPS) is 14.5. The zero-order valence-corrected chi connectivity index (χ0v) is 39.6. The molecular weight excluding hydrogens is 831 g/mol. The lowest BCUT2D eigenvalue weighted by Crippen LogP contribution is -2.18. The number of benzene rings is 10. The van der Waals surface area contributed by atoms with Crippen LogP contribution in [0.5, 0.6) is 0 Å². The minimum Gasteiger partial charge on any atom is -0.310 e. The molecule has 0 bridgehead atoms. The van der Waals surface area contributed by atoms with Gasteiger partial charge in [-0.05, 0) is 184 Å². The fourth-order valence-electron chi connectivity index (χ4n) is 12.8. The van der Waals surface area contributed by atoms with E-state index in [0.29, 0.717) is 0 Å². The van der Waals surface area contributed by atoms with E-state index < -0.39 is 0 Å². The molecule has 0 heterocycles. The third kappa shape index (κ3) is 5.96. The molecule has 0 saturated heterocycles.